The first-order chi connectivity index (χ1) is 10.5. The minimum atomic E-state index is -3.70. The molecule has 7 heteroatoms. The van der Waals surface area contributed by atoms with Gasteiger partial charge in [-0.25, -0.2) is 12.8 Å². The van der Waals surface area contributed by atoms with E-state index in [-0.39, 0.29) is 4.90 Å². The first-order valence-electron chi connectivity index (χ1n) is 6.99. The fourth-order valence-corrected chi connectivity index (χ4v) is 4.55. The zero-order chi connectivity index (χ0) is 15.7. The van der Waals surface area contributed by atoms with Crippen molar-refractivity contribution in [3.05, 3.63) is 42.9 Å². The van der Waals surface area contributed by atoms with Crippen LogP contribution in [-0.2, 0) is 14.6 Å². The maximum Gasteiger partial charge on any atom is 0.200 e. The molecular weight excluding hydrogens is 307 g/mol. The summed E-state index contributed by atoms with van der Waals surface area (Å²) in [4.78, 5) is 4.79. The topological polar surface area (TPSA) is 62.4 Å². The molecule has 1 unspecified atom stereocenters. The van der Waals surface area contributed by atoms with Gasteiger partial charge >= 0.3 is 0 Å². The van der Waals surface area contributed by atoms with Crippen LogP contribution in [0.2, 0.25) is 0 Å². The van der Waals surface area contributed by atoms with Crippen LogP contribution in [0, 0.1) is 5.82 Å². The molecule has 0 radical (unpaired) electrons. The molecule has 1 aromatic heterocycles. The molecule has 1 aliphatic heterocycles. The number of aromatic nitrogens is 1. The number of aromatic amines is 1. The number of rotatable bonds is 4. The predicted octanol–water partition coefficient (Wildman–Crippen LogP) is 1.92. The van der Waals surface area contributed by atoms with Crippen LogP contribution in [0.1, 0.15) is 0 Å². The number of morpholine rings is 1. The normalized spacial score (nSPS) is 18.4. The van der Waals surface area contributed by atoms with Crippen molar-refractivity contribution in [3.63, 3.8) is 0 Å². The third-order valence-corrected chi connectivity index (χ3v) is 5.91. The molecule has 0 amide bonds. The van der Waals surface area contributed by atoms with E-state index < -0.39 is 21.0 Å². The van der Waals surface area contributed by atoms with Crippen LogP contribution < -0.4 is 0 Å². The van der Waals surface area contributed by atoms with Gasteiger partial charge in [-0.2, -0.15) is 0 Å². The lowest BCUT2D eigenvalue weighted by molar-refractivity contribution is 0.0374. The molecule has 22 heavy (non-hydrogen) atoms. The van der Waals surface area contributed by atoms with Crippen molar-refractivity contribution >= 4 is 20.7 Å². The Morgan fingerprint density at radius 1 is 1.36 bits per heavy atom. The molecule has 1 saturated heterocycles. The van der Waals surface area contributed by atoms with Crippen LogP contribution in [0.25, 0.3) is 10.9 Å². The van der Waals surface area contributed by atoms with E-state index in [1.54, 1.807) is 0 Å². The highest BCUT2D eigenvalue weighted by molar-refractivity contribution is 7.92. The molecule has 3 rings (SSSR count). The number of fused-ring (bicyclic) bond motifs is 1. The number of halogens is 1. The molecular formula is C15H17FN2O3S. The molecule has 1 aromatic carbocycles. The molecule has 118 valence electrons. The molecule has 0 bridgehead atoms. The molecule has 1 atom stereocenters. The van der Waals surface area contributed by atoms with E-state index in [0.29, 0.717) is 37.2 Å². The van der Waals surface area contributed by atoms with Gasteiger partial charge in [0.15, 0.2) is 9.84 Å². The molecule has 0 saturated carbocycles. The second-order valence-corrected chi connectivity index (χ2v) is 7.18. The smallest absolute Gasteiger partial charge is 0.200 e. The van der Waals surface area contributed by atoms with Gasteiger partial charge in [-0.1, -0.05) is 6.08 Å². The Hall–Kier alpha value is -1.70. The van der Waals surface area contributed by atoms with Gasteiger partial charge in [-0.05, 0) is 18.2 Å². The highest BCUT2D eigenvalue weighted by Crippen LogP contribution is 2.28. The molecule has 2 aromatic rings. The highest BCUT2D eigenvalue weighted by Gasteiger charge is 2.33. The van der Waals surface area contributed by atoms with Crippen molar-refractivity contribution in [2.75, 3.05) is 26.3 Å². The van der Waals surface area contributed by atoms with E-state index in [2.05, 4.69) is 11.6 Å². The Bertz CT molecular complexity index is 794. The largest absolute Gasteiger partial charge is 0.379 e. The van der Waals surface area contributed by atoms with Crippen LogP contribution in [0.4, 0.5) is 4.39 Å². The fraction of sp³-hybridized carbons (Fsp3) is 0.333. The lowest BCUT2D eigenvalue weighted by atomic mass is 10.2. The van der Waals surface area contributed by atoms with Gasteiger partial charge in [-0.3, -0.25) is 4.90 Å². The second-order valence-electron chi connectivity index (χ2n) is 5.16. The van der Waals surface area contributed by atoms with Gasteiger partial charge in [-0.15, -0.1) is 6.58 Å². The van der Waals surface area contributed by atoms with Gasteiger partial charge in [0.25, 0.3) is 0 Å². The Morgan fingerprint density at radius 2 is 2.09 bits per heavy atom. The number of ether oxygens (including phenoxy) is 1. The summed E-state index contributed by atoms with van der Waals surface area (Å²) in [6.07, 6.45) is 2.83. The van der Waals surface area contributed by atoms with E-state index in [9.17, 15) is 12.8 Å². The van der Waals surface area contributed by atoms with Crippen molar-refractivity contribution in [2.24, 2.45) is 0 Å². The van der Waals surface area contributed by atoms with E-state index >= 15 is 0 Å². The Kier molecular flexibility index (Phi) is 4.03. The molecule has 1 N–H and O–H groups in total. The monoisotopic (exact) mass is 324 g/mol. The van der Waals surface area contributed by atoms with Gasteiger partial charge in [0.05, 0.1) is 18.1 Å². The predicted molar refractivity (Wildman–Crippen MR) is 81.8 cm³/mol. The van der Waals surface area contributed by atoms with E-state index in [0.717, 1.165) is 0 Å². The van der Waals surface area contributed by atoms with Crippen molar-refractivity contribution in [3.8, 4) is 0 Å². The summed E-state index contributed by atoms with van der Waals surface area (Å²) in [5.74, 6) is -0.468. The average Bonchev–Trinajstić information content (AvgIpc) is 2.92. The minimum Gasteiger partial charge on any atom is -0.379 e. The van der Waals surface area contributed by atoms with Crippen LogP contribution in [0.3, 0.4) is 0 Å². The SMILES string of the molecule is C=CC(N1CCOCC1)S(=O)(=O)c1c[nH]c2ccc(F)cc12. The summed E-state index contributed by atoms with van der Waals surface area (Å²) in [5, 5.41) is -0.487. The van der Waals surface area contributed by atoms with Gasteiger partial charge in [0.1, 0.15) is 11.2 Å². The first-order valence-corrected chi connectivity index (χ1v) is 8.53. The second kappa shape index (κ2) is 5.83. The number of sulfone groups is 1. The Balaban J connectivity index is 2.06. The number of nitrogens with zero attached hydrogens (tertiary/aromatic N) is 1. The number of hydrogen-bond donors (Lipinski definition) is 1. The summed E-state index contributed by atoms with van der Waals surface area (Å²) in [6, 6.07) is 4.06. The summed E-state index contributed by atoms with van der Waals surface area (Å²) < 4.78 is 44.6. The Morgan fingerprint density at radius 3 is 2.77 bits per heavy atom. The van der Waals surface area contributed by atoms with Crippen molar-refractivity contribution in [1.29, 1.82) is 0 Å². The molecule has 1 aliphatic rings. The number of benzene rings is 1. The van der Waals surface area contributed by atoms with Crippen molar-refractivity contribution in [2.45, 2.75) is 10.3 Å². The van der Waals surface area contributed by atoms with E-state index in [4.69, 9.17) is 4.74 Å². The van der Waals surface area contributed by atoms with Crippen molar-refractivity contribution < 1.29 is 17.5 Å². The van der Waals surface area contributed by atoms with Gasteiger partial charge in [0.2, 0.25) is 0 Å². The lowest BCUT2D eigenvalue weighted by Gasteiger charge is -2.32. The van der Waals surface area contributed by atoms with Crippen LogP contribution >= 0.6 is 0 Å². The maximum absolute atomic E-state index is 13.5. The fourth-order valence-electron chi connectivity index (χ4n) is 2.74. The highest BCUT2D eigenvalue weighted by atomic mass is 32.2. The number of nitrogens with one attached hydrogen (secondary N) is 1. The van der Waals surface area contributed by atoms with Crippen LogP contribution in [-0.4, -0.2) is 50.0 Å². The first kappa shape index (κ1) is 15.2. The van der Waals surface area contributed by atoms with Gasteiger partial charge in [0, 0.05) is 30.2 Å². The molecule has 1 fully saturated rings. The number of hydrogen-bond acceptors (Lipinski definition) is 4. The third-order valence-electron chi connectivity index (χ3n) is 3.84. The van der Waals surface area contributed by atoms with Crippen LogP contribution in [0.5, 0.6) is 0 Å². The molecule has 0 spiro atoms. The van der Waals surface area contributed by atoms with Gasteiger partial charge < -0.3 is 9.72 Å². The summed E-state index contributed by atoms with van der Waals surface area (Å²) >= 11 is 0. The zero-order valence-electron chi connectivity index (χ0n) is 12.0. The van der Waals surface area contributed by atoms with Crippen LogP contribution in [0.15, 0.2) is 41.9 Å². The van der Waals surface area contributed by atoms with E-state index in [1.807, 2.05) is 4.90 Å². The molecule has 2 heterocycles. The summed E-state index contributed by atoms with van der Waals surface area (Å²) in [6.45, 7) is 5.68. The quantitative estimate of drug-likeness (QED) is 0.873. The molecule has 5 nitrogen and oxygen atoms in total. The summed E-state index contributed by atoms with van der Waals surface area (Å²) in [5.41, 5.74) is 0.588. The zero-order valence-corrected chi connectivity index (χ0v) is 12.8. The summed E-state index contributed by atoms with van der Waals surface area (Å²) in [7, 11) is -3.70. The Labute approximate surface area is 128 Å². The maximum atomic E-state index is 13.5. The van der Waals surface area contributed by atoms with Crippen molar-refractivity contribution in [1.82, 2.24) is 9.88 Å². The minimum absolute atomic E-state index is 0.0957. The third kappa shape index (κ3) is 2.55. The lowest BCUT2D eigenvalue weighted by Crippen LogP contribution is -2.46. The molecule has 0 aliphatic carbocycles. The number of H-pyrrole nitrogens is 1. The average molecular weight is 324 g/mol. The standard InChI is InChI=1S/C15H17FN2O3S/c1-2-15(18-5-7-21-8-6-18)22(19,20)14-10-17-13-4-3-11(16)9-12(13)14/h2-4,9-10,15,17H,1,5-8H2. The van der Waals surface area contributed by atoms with E-state index in [1.165, 1.54) is 30.5 Å².